The molecule has 0 amide bonds. The Morgan fingerprint density at radius 1 is 1.33 bits per heavy atom. The molecule has 0 spiro atoms. The molecule has 1 atom stereocenters. The summed E-state index contributed by atoms with van der Waals surface area (Å²) in [7, 11) is 1.62. The molecule has 1 aromatic carbocycles. The van der Waals surface area contributed by atoms with Gasteiger partial charge in [-0.25, -0.2) is 4.98 Å². The molecule has 1 aliphatic heterocycles. The van der Waals surface area contributed by atoms with E-state index in [1.165, 1.54) is 0 Å². The van der Waals surface area contributed by atoms with Crippen LogP contribution in [0.4, 0.5) is 0 Å². The summed E-state index contributed by atoms with van der Waals surface area (Å²) in [6.07, 6.45) is 1.23. The number of pyridine rings is 1. The minimum atomic E-state index is 0.210. The maximum Gasteiger partial charge on any atom is 0.257 e. The minimum absolute atomic E-state index is 0.210. The fourth-order valence-corrected chi connectivity index (χ4v) is 2.22. The highest BCUT2D eigenvalue weighted by Crippen LogP contribution is 2.30. The van der Waals surface area contributed by atoms with Crippen molar-refractivity contribution in [1.82, 2.24) is 10.3 Å². The summed E-state index contributed by atoms with van der Waals surface area (Å²) < 4.78 is 11.3. The number of benzene rings is 1. The monoisotopic (exact) mass is 244 g/mol. The molecule has 1 aromatic heterocycles. The predicted octanol–water partition coefficient (Wildman–Crippen LogP) is 1.98. The van der Waals surface area contributed by atoms with E-state index >= 15 is 0 Å². The largest absolute Gasteiger partial charge is 0.483 e. The van der Waals surface area contributed by atoms with Gasteiger partial charge >= 0.3 is 0 Å². The third kappa shape index (κ3) is 2.11. The fraction of sp³-hybridized carbons (Fsp3) is 0.357. The van der Waals surface area contributed by atoms with Crippen LogP contribution in [0.15, 0.2) is 30.3 Å². The summed E-state index contributed by atoms with van der Waals surface area (Å²) in [4.78, 5) is 4.47. The number of aromatic nitrogens is 1. The Morgan fingerprint density at radius 2 is 2.22 bits per heavy atom. The zero-order chi connectivity index (χ0) is 12.4. The topological polar surface area (TPSA) is 43.4 Å². The zero-order valence-electron chi connectivity index (χ0n) is 10.3. The van der Waals surface area contributed by atoms with Crippen molar-refractivity contribution < 1.29 is 9.47 Å². The molecule has 1 N–H and O–H groups in total. The molecule has 0 bridgehead atoms. The van der Waals surface area contributed by atoms with Gasteiger partial charge in [-0.05, 0) is 25.1 Å². The lowest BCUT2D eigenvalue weighted by Gasteiger charge is -2.15. The van der Waals surface area contributed by atoms with Gasteiger partial charge in [0.25, 0.3) is 5.88 Å². The number of hydrogen-bond donors (Lipinski definition) is 1. The van der Waals surface area contributed by atoms with E-state index in [-0.39, 0.29) is 6.10 Å². The lowest BCUT2D eigenvalue weighted by molar-refractivity contribution is 0.211. The molecule has 1 unspecified atom stereocenters. The third-order valence-corrected chi connectivity index (χ3v) is 3.16. The lowest BCUT2D eigenvalue weighted by Crippen LogP contribution is -2.20. The average molecular weight is 244 g/mol. The number of ether oxygens (including phenoxy) is 2. The van der Waals surface area contributed by atoms with Crippen molar-refractivity contribution in [2.24, 2.45) is 0 Å². The fourth-order valence-electron chi connectivity index (χ4n) is 2.22. The SMILES string of the molecule is COc1nc2ccccc2cc1OC1CCNC1. The molecule has 0 aliphatic carbocycles. The Kier molecular flexibility index (Phi) is 3.02. The summed E-state index contributed by atoms with van der Waals surface area (Å²) in [5.41, 5.74) is 0.922. The average Bonchev–Trinajstić information content (AvgIpc) is 2.91. The normalized spacial score (nSPS) is 19.1. The van der Waals surface area contributed by atoms with Gasteiger partial charge in [-0.15, -0.1) is 0 Å². The summed E-state index contributed by atoms with van der Waals surface area (Å²) in [6, 6.07) is 9.97. The maximum atomic E-state index is 5.96. The van der Waals surface area contributed by atoms with Crippen molar-refractivity contribution >= 4 is 10.9 Å². The van der Waals surface area contributed by atoms with E-state index < -0.39 is 0 Å². The van der Waals surface area contributed by atoms with Crippen LogP contribution < -0.4 is 14.8 Å². The first-order valence-corrected chi connectivity index (χ1v) is 6.18. The quantitative estimate of drug-likeness (QED) is 0.896. The smallest absolute Gasteiger partial charge is 0.257 e. The second-order valence-corrected chi connectivity index (χ2v) is 4.42. The molecule has 18 heavy (non-hydrogen) atoms. The molecule has 0 radical (unpaired) electrons. The van der Waals surface area contributed by atoms with Crippen molar-refractivity contribution in [1.29, 1.82) is 0 Å². The molecule has 3 rings (SSSR count). The first kappa shape index (κ1) is 11.3. The van der Waals surface area contributed by atoms with Crippen molar-refractivity contribution in [3.8, 4) is 11.6 Å². The van der Waals surface area contributed by atoms with Crippen molar-refractivity contribution in [2.75, 3.05) is 20.2 Å². The Labute approximate surface area is 106 Å². The number of nitrogens with zero attached hydrogens (tertiary/aromatic N) is 1. The first-order chi connectivity index (χ1) is 8.86. The molecular weight excluding hydrogens is 228 g/mol. The van der Waals surface area contributed by atoms with Crippen LogP contribution in [-0.4, -0.2) is 31.3 Å². The molecule has 2 heterocycles. The van der Waals surface area contributed by atoms with Crippen LogP contribution in [-0.2, 0) is 0 Å². The lowest BCUT2D eigenvalue weighted by atomic mass is 10.2. The number of rotatable bonds is 3. The van der Waals surface area contributed by atoms with Gasteiger partial charge in [0.05, 0.1) is 12.6 Å². The van der Waals surface area contributed by atoms with E-state index in [0.29, 0.717) is 5.88 Å². The summed E-state index contributed by atoms with van der Waals surface area (Å²) >= 11 is 0. The third-order valence-electron chi connectivity index (χ3n) is 3.16. The highest BCUT2D eigenvalue weighted by atomic mass is 16.5. The minimum Gasteiger partial charge on any atom is -0.483 e. The Balaban J connectivity index is 1.97. The second-order valence-electron chi connectivity index (χ2n) is 4.42. The molecular formula is C14H16N2O2. The van der Waals surface area contributed by atoms with E-state index in [2.05, 4.69) is 10.3 Å². The Morgan fingerprint density at radius 3 is 3.00 bits per heavy atom. The van der Waals surface area contributed by atoms with Crippen molar-refractivity contribution in [3.05, 3.63) is 30.3 Å². The zero-order valence-corrected chi connectivity index (χ0v) is 10.3. The summed E-state index contributed by atoms with van der Waals surface area (Å²) in [5.74, 6) is 1.28. The standard InChI is InChI=1S/C14H16N2O2/c1-17-14-13(18-11-6-7-15-9-11)8-10-4-2-3-5-12(10)16-14/h2-5,8,11,15H,6-7,9H2,1H3. The van der Waals surface area contributed by atoms with Crippen LogP contribution in [0.25, 0.3) is 10.9 Å². The predicted molar refractivity (Wildman–Crippen MR) is 70.2 cm³/mol. The maximum absolute atomic E-state index is 5.96. The second kappa shape index (κ2) is 4.82. The molecule has 4 heteroatoms. The molecule has 0 saturated carbocycles. The van der Waals surface area contributed by atoms with E-state index in [1.807, 2.05) is 30.3 Å². The van der Waals surface area contributed by atoms with Crippen molar-refractivity contribution in [3.63, 3.8) is 0 Å². The number of methoxy groups -OCH3 is 1. The van der Waals surface area contributed by atoms with E-state index in [4.69, 9.17) is 9.47 Å². The number of hydrogen-bond acceptors (Lipinski definition) is 4. The molecule has 1 saturated heterocycles. The van der Waals surface area contributed by atoms with Gasteiger partial charge in [-0.2, -0.15) is 0 Å². The van der Waals surface area contributed by atoms with Crippen LogP contribution in [0, 0.1) is 0 Å². The molecule has 2 aromatic rings. The van der Waals surface area contributed by atoms with E-state index in [0.717, 1.165) is 36.2 Å². The van der Waals surface area contributed by atoms with Crippen molar-refractivity contribution in [2.45, 2.75) is 12.5 Å². The molecule has 1 aliphatic rings. The van der Waals surface area contributed by atoms with E-state index in [1.54, 1.807) is 7.11 Å². The summed E-state index contributed by atoms with van der Waals surface area (Å²) in [6.45, 7) is 1.89. The first-order valence-electron chi connectivity index (χ1n) is 6.18. The van der Waals surface area contributed by atoms with Gasteiger partial charge in [0, 0.05) is 11.9 Å². The highest BCUT2D eigenvalue weighted by Gasteiger charge is 2.18. The summed E-state index contributed by atoms with van der Waals surface area (Å²) in [5, 5.41) is 4.35. The number of nitrogens with one attached hydrogen (secondary N) is 1. The molecule has 94 valence electrons. The van der Waals surface area contributed by atoms with E-state index in [9.17, 15) is 0 Å². The number of para-hydroxylation sites is 1. The van der Waals surface area contributed by atoms with Gasteiger partial charge in [0.1, 0.15) is 6.10 Å². The Bertz CT molecular complexity index is 550. The number of fused-ring (bicyclic) bond motifs is 1. The van der Waals surface area contributed by atoms with Gasteiger partial charge < -0.3 is 14.8 Å². The van der Waals surface area contributed by atoms with Gasteiger partial charge in [0.2, 0.25) is 0 Å². The highest BCUT2D eigenvalue weighted by molar-refractivity contribution is 5.81. The van der Waals surface area contributed by atoms with Crippen LogP contribution in [0.1, 0.15) is 6.42 Å². The van der Waals surface area contributed by atoms with Gasteiger partial charge in [0.15, 0.2) is 5.75 Å². The van der Waals surface area contributed by atoms with Crippen LogP contribution in [0.3, 0.4) is 0 Å². The molecule has 4 nitrogen and oxygen atoms in total. The van der Waals surface area contributed by atoms with Gasteiger partial charge in [-0.3, -0.25) is 0 Å². The van der Waals surface area contributed by atoms with Crippen LogP contribution in [0.5, 0.6) is 11.6 Å². The van der Waals surface area contributed by atoms with Crippen LogP contribution in [0.2, 0.25) is 0 Å². The molecule has 1 fully saturated rings. The van der Waals surface area contributed by atoms with Crippen LogP contribution >= 0.6 is 0 Å². The van der Waals surface area contributed by atoms with Gasteiger partial charge in [-0.1, -0.05) is 18.2 Å². The Hall–Kier alpha value is -1.81.